The Morgan fingerprint density at radius 2 is 2.06 bits per heavy atom. The third kappa shape index (κ3) is 2.18. The number of nitrogens with one attached hydrogen (secondary N) is 1. The van der Waals surface area contributed by atoms with E-state index in [1.807, 2.05) is 25.1 Å². The van der Waals surface area contributed by atoms with Gasteiger partial charge < -0.3 is 4.98 Å². The zero-order chi connectivity index (χ0) is 12.4. The predicted octanol–water partition coefficient (Wildman–Crippen LogP) is 3.01. The third-order valence-corrected chi connectivity index (χ3v) is 2.65. The molecule has 0 saturated heterocycles. The Morgan fingerprint density at radius 1 is 1.29 bits per heavy atom. The fourth-order valence-electron chi connectivity index (χ4n) is 1.94. The molecule has 2 rings (SSSR count). The number of ketones is 1. The molecule has 0 aliphatic heterocycles. The van der Waals surface area contributed by atoms with Gasteiger partial charge in [0, 0.05) is 24.2 Å². The highest BCUT2D eigenvalue weighted by atomic mass is 16.1. The number of carbonyl (C=O) groups is 2. The Kier molecular flexibility index (Phi) is 2.91. The summed E-state index contributed by atoms with van der Waals surface area (Å²) < 4.78 is 0. The second kappa shape index (κ2) is 4.37. The molecule has 1 heterocycles. The summed E-state index contributed by atoms with van der Waals surface area (Å²) in [7, 11) is 0. The number of aryl methyl sites for hydroxylation is 1. The molecule has 2 aromatic rings. The first-order valence-corrected chi connectivity index (χ1v) is 5.37. The first-order valence-electron chi connectivity index (χ1n) is 5.37. The zero-order valence-electron chi connectivity index (χ0n) is 9.78. The quantitative estimate of drug-likeness (QED) is 0.647. The van der Waals surface area contributed by atoms with Crippen LogP contribution in [0.15, 0.2) is 30.5 Å². The van der Waals surface area contributed by atoms with Gasteiger partial charge in [-0.1, -0.05) is 6.07 Å². The van der Waals surface area contributed by atoms with Crippen molar-refractivity contribution in [2.24, 2.45) is 0 Å². The van der Waals surface area contributed by atoms with Crippen molar-refractivity contribution in [3.8, 4) is 11.1 Å². The summed E-state index contributed by atoms with van der Waals surface area (Å²) in [5.41, 5.74) is 3.92. The van der Waals surface area contributed by atoms with E-state index in [9.17, 15) is 9.59 Å². The van der Waals surface area contributed by atoms with Gasteiger partial charge in [-0.25, -0.2) is 0 Å². The van der Waals surface area contributed by atoms with Crippen LogP contribution in [0.1, 0.15) is 33.3 Å². The summed E-state index contributed by atoms with van der Waals surface area (Å²) in [6.07, 6.45) is 2.55. The van der Waals surface area contributed by atoms with Gasteiger partial charge in [0.05, 0.1) is 5.69 Å². The highest BCUT2D eigenvalue weighted by molar-refractivity contribution is 5.99. The second-order valence-corrected chi connectivity index (χ2v) is 4.07. The monoisotopic (exact) mass is 227 g/mol. The first kappa shape index (κ1) is 11.3. The van der Waals surface area contributed by atoms with Crippen LogP contribution >= 0.6 is 0 Å². The maximum absolute atomic E-state index is 11.4. The van der Waals surface area contributed by atoms with Crippen molar-refractivity contribution in [2.75, 3.05) is 0 Å². The number of H-pyrrole nitrogens is 1. The third-order valence-electron chi connectivity index (χ3n) is 2.65. The van der Waals surface area contributed by atoms with Gasteiger partial charge in [-0.15, -0.1) is 0 Å². The van der Waals surface area contributed by atoms with Crippen LogP contribution in [0.25, 0.3) is 11.1 Å². The summed E-state index contributed by atoms with van der Waals surface area (Å²) in [5, 5.41) is 0. The van der Waals surface area contributed by atoms with Crippen LogP contribution in [0.2, 0.25) is 0 Å². The molecule has 0 spiro atoms. The molecule has 0 aliphatic rings. The fourth-order valence-corrected chi connectivity index (χ4v) is 1.94. The number of hydrogen-bond donors (Lipinski definition) is 1. The summed E-state index contributed by atoms with van der Waals surface area (Å²) in [6.45, 7) is 3.45. The standard InChI is InChI=1S/C14H13NO2/c1-9-5-11(8-16)7-12(6-9)13-3-4-15-14(13)10(2)17/h3-8,15H,1-2H3. The lowest BCUT2D eigenvalue weighted by atomic mass is 10.00. The van der Waals surface area contributed by atoms with Crippen molar-refractivity contribution in [1.82, 2.24) is 4.98 Å². The van der Waals surface area contributed by atoms with Crippen molar-refractivity contribution >= 4 is 12.1 Å². The molecule has 3 heteroatoms. The van der Waals surface area contributed by atoms with E-state index in [-0.39, 0.29) is 5.78 Å². The molecular formula is C14H13NO2. The Morgan fingerprint density at radius 3 is 2.71 bits per heavy atom. The molecule has 0 fully saturated rings. The fraction of sp³-hybridized carbons (Fsp3) is 0.143. The van der Waals surface area contributed by atoms with Gasteiger partial charge in [-0.3, -0.25) is 9.59 Å². The molecule has 0 atom stereocenters. The predicted molar refractivity (Wildman–Crippen MR) is 66.4 cm³/mol. The van der Waals surface area contributed by atoms with Gasteiger partial charge in [-0.2, -0.15) is 0 Å². The van der Waals surface area contributed by atoms with Crippen molar-refractivity contribution in [3.05, 3.63) is 47.3 Å². The Bertz CT molecular complexity index is 582. The van der Waals surface area contributed by atoms with E-state index in [1.165, 1.54) is 6.92 Å². The van der Waals surface area contributed by atoms with Gasteiger partial charge in [0.25, 0.3) is 0 Å². The SMILES string of the molecule is CC(=O)c1[nH]ccc1-c1cc(C)cc(C=O)c1. The maximum atomic E-state index is 11.4. The molecule has 0 bridgehead atoms. The summed E-state index contributed by atoms with van der Waals surface area (Å²) in [6, 6.07) is 7.41. The van der Waals surface area contributed by atoms with Gasteiger partial charge in [0.2, 0.25) is 0 Å². The molecule has 86 valence electrons. The molecule has 3 nitrogen and oxygen atoms in total. The number of carbonyl (C=O) groups excluding carboxylic acids is 2. The lowest BCUT2D eigenvalue weighted by Gasteiger charge is -2.04. The van der Waals surface area contributed by atoms with Crippen LogP contribution < -0.4 is 0 Å². The van der Waals surface area contributed by atoms with E-state index in [1.54, 1.807) is 12.3 Å². The average Bonchev–Trinajstić information content (AvgIpc) is 2.77. The van der Waals surface area contributed by atoms with Crippen LogP contribution in [-0.2, 0) is 0 Å². The van der Waals surface area contributed by atoms with Gasteiger partial charge in [0.15, 0.2) is 5.78 Å². The minimum atomic E-state index is -0.0147. The summed E-state index contributed by atoms with van der Waals surface area (Å²) in [4.78, 5) is 25.2. The van der Waals surface area contributed by atoms with E-state index in [0.29, 0.717) is 11.3 Å². The Hall–Kier alpha value is -2.16. The van der Waals surface area contributed by atoms with Crippen LogP contribution in [0.4, 0.5) is 0 Å². The minimum Gasteiger partial charge on any atom is -0.358 e. The van der Waals surface area contributed by atoms with Gasteiger partial charge in [0.1, 0.15) is 6.29 Å². The normalized spacial score (nSPS) is 10.2. The second-order valence-electron chi connectivity index (χ2n) is 4.07. The Balaban J connectivity index is 2.59. The molecule has 0 aliphatic carbocycles. The maximum Gasteiger partial charge on any atom is 0.176 e. The lowest BCUT2D eigenvalue weighted by molar-refractivity contribution is 0.101. The topological polar surface area (TPSA) is 49.9 Å². The Labute approximate surface area is 99.5 Å². The van der Waals surface area contributed by atoms with Crippen molar-refractivity contribution in [3.63, 3.8) is 0 Å². The molecular weight excluding hydrogens is 214 g/mol. The van der Waals surface area contributed by atoms with Gasteiger partial charge >= 0.3 is 0 Å². The smallest absolute Gasteiger partial charge is 0.176 e. The highest BCUT2D eigenvalue weighted by Crippen LogP contribution is 2.25. The number of aromatic amines is 1. The van der Waals surface area contributed by atoms with E-state index >= 15 is 0 Å². The van der Waals surface area contributed by atoms with E-state index in [0.717, 1.165) is 23.0 Å². The number of aromatic nitrogens is 1. The van der Waals surface area contributed by atoms with Gasteiger partial charge in [-0.05, 0) is 36.2 Å². The van der Waals surface area contributed by atoms with Crippen molar-refractivity contribution in [2.45, 2.75) is 13.8 Å². The highest BCUT2D eigenvalue weighted by Gasteiger charge is 2.11. The van der Waals surface area contributed by atoms with Crippen LogP contribution in [0.3, 0.4) is 0 Å². The minimum absolute atomic E-state index is 0.0147. The zero-order valence-corrected chi connectivity index (χ0v) is 9.78. The van der Waals surface area contributed by atoms with E-state index in [2.05, 4.69) is 4.98 Å². The molecule has 0 saturated carbocycles. The molecule has 17 heavy (non-hydrogen) atoms. The summed E-state index contributed by atoms with van der Waals surface area (Å²) >= 11 is 0. The van der Waals surface area contributed by atoms with Crippen molar-refractivity contribution < 1.29 is 9.59 Å². The average molecular weight is 227 g/mol. The molecule has 1 aromatic carbocycles. The van der Waals surface area contributed by atoms with E-state index < -0.39 is 0 Å². The number of benzene rings is 1. The number of Topliss-reactive ketones (excluding diaryl/α,β-unsaturated/α-hetero) is 1. The van der Waals surface area contributed by atoms with Crippen molar-refractivity contribution in [1.29, 1.82) is 0 Å². The molecule has 0 unspecified atom stereocenters. The number of hydrogen-bond acceptors (Lipinski definition) is 2. The first-order chi connectivity index (χ1) is 8.11. The molecule has 0 amide bonds. The van der Waals surface area contributed by atoms with Crippen LogP contribution in [0.5, 0.6) is 0 Å². The number of rotatable bonds is 3. The molecule has 1 aromatic heterocycles. The number of aldehydes is 1. The van der Waals surface area contributed by atoms with Crippen LogP contribution in [0, 0.1) is 6.92 Å². The molecule has 0 radical (unpaired) electrons. The summed E-state index contributed by atoms with van der Waals surface area (Å²) in [5.74, 6) is -0.0147. The van der Waals surface area contributed by atoms with E-state index in [4.69, 9.17) is 0 Å². The lowest BCUT2D eigenvalue weighted by Crippen LogP contribution is -1.95. The van der Waals surface area contributed by atoms with Crippen LogP contribution in [-0.4, -0.2) is 17.1 Å². The molecule has 1 N–H and O–H groups in total. The largest absolute Gasteiger partial charge is 0.358 e.